The van der Waals surface area contributed by atoms with Gasteiger partial charge in [0.05, 0.1) is 54.9 Å². The summed E-state index contributed by atoms with van der Waals surface area (Å²) in [5.74, 6) is -5.11. The zero-order valence-corrected chi connectivity index (χ0v) is 29.9. The molecular weight excluding hydrogens is 646 g/mol. The van der Waals surface area contributed by atoms with Crippen molar-refractivity contribution in [2.75, 3.05) is 58.9 Å². The second kappa shape index (κ2) is 16.5. The highest BCUT2D eigenvalue weighted by Gasteiger charge is 2.49. The smallest absolute Gasteiger partial charge is 0.339 e. The summed E-state index contributed by atoms with van der Waals surface area (Å²) < 4.78 is 0. The van der Waals surface area contributed by atoms with E-state index in [4.69, 9.17) is 9.68 Å². The monoisotopic (exact) mass is 699 g/mol. The van der Waals surface area contributed by atoms with Gasteiger partial charge in [-0.05, 0) is 55.4 Å². The first-order chi connectivity index (χ1) is 22.3. The van der Waals surface area contributed by atoms with E-state index in [9.17, 15) is 48.9 Å². The van der Waals surface area contributed by atoms with E-state index in [2.05, 4.69) is 0 Å². The highest BCUT2D eigenvalue weighted by molar-refractivity contribution is 5.82. The number of ketones is 2. The average Bonchev–Trinajstić information content (AvgIpc) is 2.87. The molecule has 0 amide bonds. The Hall–Kier alpha value is -3.51. The van der Waals surface area contributed by atoms with Gasteiger partial charge in [0.25, 0.3) is 0 Å². The van der Waals surface area contributed by atoms with Gasteiger partial charge in [0.15, 0.2) is 0 Å². The van der Waals surface area contributed by atoms with Crippen LogP contribution >= 0.6 is 0 Å². The van der Waals surface area contributed by atoms with Crippen molar-refractivity contribution in [2.45, 2.75) is 103 Å². The zero-order chi connectivity index (χ0) is 37.5. The van der Waals surface area contributed by atoms with E-state index < -0.39 is 78.2 Å². The average molecular weight is 700 g/mol. The van der Waals surface area contributed by atoms with Crippen molar-refractivity contribution >= 4 is 41.4 Å². The van der Waals surface area contributed by atoms with Crippen molar-refractivity contribution in [1.82, 2.24) is 24.8 Å². The Balaban J connectivity index is 2.23. The molecule has 17 nitrogen and oxygen atoms in total. The fourth-order valence-corrected chi connectivity index (χ4v) is 6.94. The second-order valence-corrected chi connectivity index (χ2v) is 15.4. The van der Waals surface area contributed by atoms with E-state index in [0.717, 1.165) is 0 Å². The number of Topliss-reactive ketones (excluding diaryl/α,β-unsaturated/α-hetero) is 2. The number of carboxylic acids is 3. The minimum atomic E-state index is -1.24. The zero-order valence-electron chi connectivity index (χ0n) is 29.9. The normalized spacial score (nSPS) is 20.4. The first kappa shape index (κ1) is 41.7. The summed E-state index contributed by atoms with van der Waals surface area (Å²) in [5.41, 5.74) is -3.21. The van der Waals surface area contributed by atoms with Gasteiger partial charge < -0.3 is 25.0 Å². The maximum atomic E-state index is 13.3. The van der Waals surface area contributed by atoms with Gasteiger partial charge in [-0.25, -0.2) is 9.59 Å². The maximum Gasteiger partial charge on any atom is 0.339 e. The van der Waals surface area contributed by atoms with Crippen molar-refractivity contribution in [1.29, 1.82) is 0 Å². The molecule has 3 N–H and O–H groups in total. The van der Waals surface area contributed by atoms with Gasteiger partial charge in [-0.3, -0.25) is 38.7 Å². The van der Waals surface area contributed by atoms with Crippen LogP contribution in [0.4, 0.5) is 0 Å². The van der Waals surface area contributed by atoms with Crippen LogP contribution in [-0.4, -0.2) is 163 Å². The molecule has 0 atom stereocenters. The number of rotatable bonds is 18. The van der Waals surface area contributed by atoms with Gasteiger partial charge in [-0.15, -0.1) is 10.1 Å². The number of carboxylic acid groups (broad SMARTS) is 3. The van der Waals surface area contributed by atoms with Crippen molar-refractivity contribution in [3.05, 3.63) is 0 Å². The van der Waals surface area contributed by atoms with Crippen LogP contribution in [0.15, 0.2) is 0 Å². The fraction of sp³-hybridized carbons (Fsp3) is 0.781. The second-order valence-electron chi connectivity index (χ2n) is 15.4. The molecule has 49 heavy (non-hydrogen) atoms. The van der Waals surface area contributed by atoms with Crippen LogP contribution in [0.25, 0.3) is 0 Å². The van der Waals surface area contributed by atoms with E-state index in [1.165, 1.54) is 19.9 Å². The molecule has 2 aliphatic rings. The number of carbonyl (C=O) groups is 7. The van der Waals surface area contributed by atoms with Crippen LogP contribution in [0, 0.1) is 0 Å². The summed E-state index contributed by atoms with van der Waals surface area (Å²) in [7, 11) is 0. The number of piperidine rings is 2. The molecule has 2 fully saturated rings. The third-order valence-electron chi connectivity index (χ3n) is 8.35. The highest BCUT2D eigenvalue weighted by Crippen LogP contribution is 2.38. The number of hydrogen-bond donors (Lipinski definition) is 3. The number of hydroxylamine groups is 4. The Kier molecular flexibility index (Phi) is 14.0. The lowest BCUT2D eigenvalue weighted by Gasteiger charge is -2.49. The van der Waals surface area contributed by atoms with Crippen LogP contribution in [0.1, 0.15) is 81.1 Å². The van der Waals surface area contributed by atoms with E-state index in [0.29, 0.717) is 0 Å². The first-order valence-electron chi connectivity index (χ1n) is 16.2. The van der Waals surface area contributed by atoms with Crippen molar-refractivity contribution < 1.29 is 58.6 Å². The van der Waals surface area contributed by atoms with Crippen LogP contribution in [-0.2, 0) is 43.2 Å². The summed E-state index contributed by atoms with van der Waals surface area (Å²) in [6, 6.07) is 0. The van der Waals surface area contributed by atoms with E-state index in [-0.39, 0.29) is 70.0 Å². The fourth-order valence-electron chi connectivity index (χ4n) is 6.94. The number of nitrogens with zero attached hydrogens (tertiary/aromatic N) is 5. The van der Waals surface area contributed by atoms with Crippen molar-refractivity contribution in [3.63, 3.8) is 0 Å². The topological polar surface area (TPSA) is 215 Å². The molecule has 2 heterocycles. The standard InChI is InChI=1S/C32H53N5O12/c1-29(2)13-22(38)14-30(3,4)36(29)48-27(46)20-33(9-11-34(17-24(40)41)18-25(42)43)10-12-35(19-26(44)45)21-28(47)49-37-31(5,6)15-23(39)16-32(37,7)8/h9-21H2,1-8H3,(H,40,41)(H,42,43)(H,44,45). The lowest BCUT2D eigenvalue weighted by atomic mass is 9.81. The molecule has 0 spiro atoms. The quantitative estimate of drug-likeness (QED) is 0.178. The van der Waals surface area contributed by atoms with Crippen LogP contribution < -0.4 is 0 Å². The highest BCUT2D eigenvalue weighted by atomic mass is 16.7. The van der Waals surface area contributed by atoms with Gasteiger partial charge in [0.1, 0.15) is 11.6 Å². The summed E-state index contributed by atoms with van der Waals surface area (Å²) in [5, 5.41) is 31.1. The van der Waals surface area contributed by atoms with Gasteiger partial charge in [0.2, 0.25) is 0 Å². The van der Waals surface area contributed by atoms with E-state index >= 15 is 0 Å². The number of aliphatic carboxylic acids is 3. The van der Waals surface area contributed by atoms with E-state index in [1.54, 1.807) is 60.3 Å². The third kappa shape index (κ3) is 13.0. The Labute approximate surface area is 286 Å². The lowest BCUT2D eigenvalue weighted by molar-refractivity contribution is -0.262. The molecule has 0 aromatic rings. The van der Waals surface area contributed by atoms with Gasteiger partial charge in [-0.1, -0.05) is 0 Å². The Morgan fingerprint density at radius 2 is 0.755 bits per heavy atom. The van der Waals surface area contributed by atoms with Gasteiger partial charge in [-0.2, -0.15) is 0 Å². The molecule has 0 radical (unpaired) electrons. The molecule has 0 unspecified atom stereocenters. The third-order valence-corrected chi connectivity index (χ3v) is 8.35. The molecule has 0 aromatic heterocycles. The molecule has 2 saturated heterocycles. The number of hydrogen-bond acceptors (Lipinski definition) is 14. The van der Waals surface area contributed by atoms with Crippen LogP contribution in [0.3, 0.4) is 0 Å². The molecule has 0 aromatic carbocycles. The Morgan fingerprint density at radius 3 is 1.04 bits per heavy atom. The molecule has 2 aliphatic heterocycles. The summed E-state index contributed by atoms with van der Waals surface area (Å²) in [6.45, 7) is 11.6. The first-order valence-corrected chi connectivity index (χ1v) is 16.2. The Bertz CT molecular complexity index is 1220. The minimum absolute atomic E-state index is 0.00350. The maximum absolute atomic E-state index is 13.3. The Morgan fingerprint density at radius 1 is 0.510 bits per heavy atom. The molecule has 0 bridgehead atoms. The molecule has 17 heteroatoms. The van der Waals surface area contributed by atoms with E-state index in [1.807, 2.05) is 0 Å². The summed E-state index contributed by atoms with van der Waals surface area (Å²) in [6.07, 6.45) is 0.650. The summed E-state index contributed by atoms with van der Waals surface area (Å²) >= 11 is 0. The molecule has 0 saturated carbocycles. The largest absolute Gasteiger partial charge is 0.480 e. The lowest BCUT2D eigenvalue weighted by Crippen LogP contribution is -2.61. The van der Waals surface area contributed by atoms with Gasteiger partial charge >= 0.3 is 29.8 Å². The molecule has 278 valence electrons. The molecule has 2 rings (SSSR count). The predicted octanol–water partition coefficient (Wildman–Crippen LogP) is 0.507. The predicted molar refractivity (Wildman–Crippen MR) is 173 cm³/mol. The molecular formula is C32H53N5O12. The SMILES string of the molecule is CC1(C)CC(=O)CC(C)(C)N1OC(=O)CN(CCN(CC(=O)O)CC(=O)O)CCN(CC(=O)O)CC(=O)ON1C(C)(C)CC(=O)CC1(C)C. The number of carbonyl (C=O) groups excluding carboxylic acids is 4. The van der Waals surface area contributed by atoms with Gasteiger partial charge in [0, 0.05) is 51.9 Å². The van der Waals surface area contributed by atoms with Crippen molar-refractivity contribution in [3.8, 4) is 0 Å². The molecule has 0 aliphatic carbocycles. The summed E-state index contributed by atoms with van der Waals surface area (Å²) in [4.78, 5) is 101. The van der Waals surface area contributed by atoms with Crippen LogP contribution in [0.5, 0.6) is 0 Å². The minimum Gasteiger partial charge on any atom is -0.480 e. The van der Waals surface area contributed by atoms with Crippen molar-refractivity contribution in [2.24, 2.45) is 0 Å². The van der Waals surface area contributed by atoms with Crippen LogP contribution in [0.2, 0.25) is 0 Å².